The van der Waals surface area contributed by atoms with Crippen molar-refractivity contribution in [2.45, 2.75) is 27.2 Å². The number of carbonyl (C=O) groups is 1. The van der Waals surface area contributed by atoms with Gasteiger partial charge >= 0.3 is 5.97 Å². The molecule has 0 aliphatic carbocycles. The second-order valence-electron chi connectivity index (χ2n) is 5.70. The van der Waals surface area contributed by atoms with E-state index in [0.29, 0.717) is 18.8 Å². The van der Waals surface area contributed by atoms with Crippen LogP contribution in [0.5, 0.6) is 11.5 Å². The molecule has 0 unspecified atom stereocenters. The number of ether oxygens (including phenoxy) is 2. The van der Waals surface area contributed by atoms with E-state index >= 15 is 0 Å². The molecule has 25 heavy (non-hydrogen) atoms. The number of carboxylic acid groups (broad SMARTS) is 1. The van der Waals surface area contributed by atoms with Crippen LogP contribution in [0.15, 0.2) is 42.5 Å². The monoisotopic (exact) mass is 340 g/mol. The molecule has 0 saturated heterocycles. The maximum atomic E-state index is 11.8. The quantitative estimate of drug-likeness (QED) is 0.553. The van der Waals surface area contributed by atoms with Gasteiger partial charge in [0.05, 0.1) is 18.8 Å². The van der Waals surface area contributed by atoms with E-state index in [1.54, 1.807) is 12.1 Å². The molecular weight excluding hydrogens is 316 g/mol. The zero-order chi connectivity index (χ0) is 18.2. The smallest absolute Gasteiger partial charge is 0.336 e. The van der Waals surface area contributed by atoms with Gasteiger partial charge in [0.2, 0.25) is 0 Å². The lowest BCUT2D eigenvalue weighted by atomic mass is 10.0. The average Bonchev–Trinajstić information content (AvgIpc) is 2.59. The number of aliphatic carboxylic acids is 1. The highest BCUT2D eigenvalue weighted by Crippen LogP contribution is 2.26. The second-order valence-corrected chi connectivity index (χ2v) is 5.70. The normalized spacial score (nSPS) is 11.2. The van der Waals surface area contributed by atoms with Crippen molar-refractivity contribution in [3.63, 3.8) is 0 Å². The molecule has 0 aromatic heterocycles. The van der Waals surface area contributed by atoms with Crippen LogP contribution in [0.1, 0.15) is 37.0 Å². The Kier molecular flexibility index (Phi) is 6.63. The Bertz CT molecular complexity index is 762. The first kappa shape index (κ1) is 18.6. The van der Waals surface area contributed by atoms with Crippen molar-refractivity contribution >= 4 is 17.6 Å². The van der Waals surface area contributed by atoms with Gasteiger partial charge in [-0.25, -0.2) is 4.79 Å². The summed E-state index contributed by atoms with van der Waals surface area (Å²) in [5.74, 6) is 0.539. The molecule has 0 saturated carbocycles. The number of aryl methyl sites for hydroxylation is 1. The highest BCUT2D eigenvalue weighted by atomic mass is 16.5. The minimum absolute atomic E-state index is 0.235. The molecule has 1 N–H and O–H groups in total. The molecule has 4 heteroatoms. The first-order valence-electron chi connectivity index (χ1n) is 8.46. The summed E-state index contributed by atoms with van der Waals surface area (Å²) in [6.45, 7) is 7.09. The summed E-state index contributed by atoms with van der Waals surface area (Å²) in [7, 11) is 0. The lowest BCUT2D eigenvalue weighted by Gasteiger charge is -2.11. The Labute approximate surface area is 148 Å². The van der Waals surface area contributed by atoms with Gasteiger partial charge in [-0.1, -0.05) is 25.1 Å². The van der Waals surface area contributed by atoms with E-state index in [2.05, 4.69) is 0 Å². The van der Waals surface area contributed by atoms with Crippen LogP contribution in [-0.2, 0) is 4.79 Å². The van der Waals surface area contributed by atoms with Gasteiger partial charge in [-0.3, -0.25) is 0 Å². The molecule has 0 spiro atoms. The Morgan fingerprint density at radius 1 is 1.12 bits per heavy atom. The first-order valence-corrected chi connectivity index (χ1v) is 8.46. The largest absolute Gasteiger partial charge is 0.494 e. The Balaban J connectivity index is 2.36. The van der Waals surface area contributed by atoms with Crippen LogP contribution in [0.25, 0.3) is 11.6 Å². The third-order valence-corrected chi connectivity index (χ3v) is 3.66. The lowest BCUT2D eigenvalue weighted by molar-refractivity contribution is -0.130. The lowest BCUT2D eigenvalue weighted by Crippen LogP contribution is -2.02. The van der Waals surface area contributed by atoms with Crippen molar-refractivity contribution < 1.29 is 19.4 Å². The van der Waals surface area contributed by atoms with Crippen LogP contribution < -0.4 is 9.47 Å². The summed E-state index contributed by atoms with van der Waals surface area (Å²) in [6.07, 6.45) is 2.59. The molecule has 0 fully saturated rings. The number of benzene rings is 2. The minimum Gasteiger partial charge on any atom is -0.494 e. The molecule has 2 rings (SSSR count). The summed E-state index contributed by atoms with van der Waals surface area (Å²) in [4.78, 5) is 11.8. The minimum atomic E-state index is -0.969. The second kappa shape index (κ2) is 8.92. The molecule has 4 nitrogen and oxygen atoms in total. The molecule has 0 bridgehead atoms. The van der Waals surface area contributed by atoms with Crippen molar-refractivity contribution in [2.24, 2.45) is 0 Å². The SMILES string of the molecule is CCCOc1ccc(/C(=C/c2cccc(OCC)c2)C(=O)O)cc1C. The van der Waals surface area contributed by atoms with Gasteiger partial charge in [-0.05, 0) is 67.3 Å². The Morgan fingerprint density at radius 2 is 1.92 bits per heavy atom. The first-order chi connectivity index (χ1) is 12.0. The van der Waals surface area contributed by atoms with E-state index in [0.717, 1.165) is 29.0 Å². The van der Waals surface area contributed by atoms with Crippen LogP contribution in [0.3, 0.4) is 0 Å². The molecule has 0 aliphatic rings. The fourth-order valence-corrected chi connectivity index (χ4v) is 2.49. The Hall–Kier alpha value is -2.75. The molecule has 0 radical (unpaired) electrons. The van der Waals surface area contributed by atoms with Crippen molar-refractivity contribution in [3.8, 4) is 11.5 Å². The number of hydrogen-bond donors (Lipinski definition) is 1. The van der Waals surface area contributed by atoms with Gasteiger partial charge in [-0.15, -0.1) is 0 Å². The average molecular weight is 340 g/mol. The maximum absolute atomic E-state index is 11.8. The summed E-state index contributed by atoms with van der Waals surface area (Å²) >= 11 is 0. The molecule has 0 heterocycles. The topological polar surface area (TPSA) is 55.8 Å². The van der Waals surface area contributed by atoms with Gasteiger partial charge < -0.3 is 14.6 Å². The van der Waals surface area contributed by atoms with Gasteiger partial charge in [0.15, 0.2) is 0 Å². The van der Waals surface area contributed by atoms with E-state index in [4.69, 9.17) is 9.47 Å². The van der Waals surface area contributed by atoms with Gasteiger partial charge in [0.25, 0.3) is 0 Å². The van der Waals surface area contributed by atoms with Crippen molar-refractivity contribution in [1.82, 2.24) is 0 Å². The number of carboxylic acids is 1. The summed E-state index contributed by atoms with van der Waals surface area (Å²) < 4.78 is 11.1. The van der Waals surface area contributed by atoms with E-state index in [9.17, 15) is 9.90 Å². The van der Waals surface area contributed by atoms with Crippen LogP contribution in [0.4, 0.5) is 0 Å². The van der Waals surface area contributed by atoms with Crippen LogP contribution >= 0.6 is 0 Å². The summed E-state index contributed by atoms with van der Waals surface area (Å²) in [6, 6.07) is 12.8. The number of hydrogen-bond acceptors (Lipinski definition) is 3. The van der Waals surface area contributed by atoms with Gasteiger partial charge in [0.1, 0.15) is 11.5 Å². The van der Waals surface area contributed by atoms with Crippen molar-refractivity contribution in [1.29, 1.82) is 0 Å². The predicted molar refractivity (Wildman–Crippen MR) is 100 cm³/mol. The zero-order valence-electron chi connectivity index (χ0n) is 14.9. The molecule has 2 aromatic carbocycles. The van der Waals surface area contributed by atoms with Gasteiger partial charge in [-0.2, -0.15) is 0 Å². The fraction of sp³-hybridized carbons (Fsp3) is 0.286. The molecule has 0 amide bonds. The van der Waals surface area contributed by atoms with Crippen molar-refractivity contribution in [3.05, 3.63) is 59.2 Å². The fourth-order valence-electron chi connectivity index (χ4n) is 2.49. The molecule has 2 aromatic rings. The van der Waals surface area contributed by atoms with E-state index in [1.807, 2.05) is 57.2 Å². The summed E-state index contributed by atoms with van der Waals surface area (Å²) in [5.41, 5.74) is 2.59. The molecule has 0 aliphatic heterocycles. The standard InChI is InChI=1S/C21H24O4/c1-4-11-25-20-10-9-17(12-15(20)3)19(21(22)23)14-16-7-6-8-18(13-16)24-5-2/h6-10,12-14H,4-5,11H2,1-3H3,(H,22,23)/b19-14-. The van der Waals surface area contributed by atoms with E-state index in [1.165, 1.54) is 0 Å². The highest BCUT2D eigenvalue weighted by molar-refractivity contribution is 6.20. The highest BCUT2D eigenvalue weighted by Gasteiger charge is 2.12. The zero-order valence-corrected chi connectivity index (χ0v) is 14.9. The van der Waals surface area contributed by atoms with Crippen molar-refractivity contribution in [2.75, 3.05) is 13.2 Å². The Morgan fingerprint density at radius 3 is 2.56 bits per heavy atom. The van der Waals surface area contributed by atoms with E-state index in [-0.39, 0.29) is 5.57 Å². The summed E-state index contributed by atoms with van der Waals surface area (Å²) in [5, 5.41) is 9.63. The predicted octanol–water partition coefficient (Wildman–Crippen LogP) is 4.81. The third-order valence-electron chi connectivity index (χ3n) is 3.66. The molecule has 132 valence electrons. The maximum Gasteiger partial charge on any atom is 0.336 e. The van der Waals surface area contributed by atoms with Crippen LogP contribution in [0, 0.1) is 6.92 Å². The molecule has 0 atom stereocenters. The molecular formula is C21H24O4. The van der Waals surface area contributed by atoms with Gasteiger partial charge in [0, 0.05) is 0 Å². The number of rotatable bonds is 8. The van der Waals surface area contributed by atoms with E-state index < -0.39 is 5.97 Å². The third kappa shape index (κ3) is 5.11. The van der Waals surface area contributed by atoms with Crippen LogP contribution in [-0.4, -0.2) is 24.3 Å². The van der Waals surface area contributed by atoms with Crippen LogP contribution in [0.2, 0.25) is 0 Å².